The Kier molecular flexibility index (Phi) is 4.32. The van der Waals surface area contributed by atoms with Crippen molar-refractivity contribution in [3.8, 4) is 0 Å². The lowest BCUT2D eigenvalue weighted by Crippen LogP contribution is -2.43. The number of hydrogen-bond acceptors (Lipinski definition) is 3. The first kappa shape index (κ1) is 15.3. The zero-order chi connectivity index (χ0) is 15.0. The maximum Gasteiger partial charge on any atom is 0.173 e. The molecule has 0 saturated carbocycles. The van der Waals surface area contributed by atoms with Crippen molar-refractivity contribution in [2.45, 2.75) is 30.9 Å². The fourth-order valence-electron chi connectivity index (χ4n) is 3.29. The van der Waals surface area contributed by atoms with Gasteiger partial charge in [0.05, 0.1) is 16.7 Å². The molecule has 0 aromatic heterocycles. The average molecular weight is 362 g/mol. The summed E-state index contributed by atoms with van der Waals surface area (Å²) in [7, 11) is 0. The highest BCUT2D eigenvalue weighted by molar-refractivity contribution is 9.10. The number of benzene rings is 1. The van der Waals surface area contributed by atoms with Gasteiger partial charge in [-0.25, -0.2) is 8.78 Å². The Bertz CT molecular complexity index is 535. The molecule has 0 bridgehead atoms. The summed E-state index contributed by atoms with van der Waals surface area (Å²) in [5, 5.41) is 0. The highest BCUT2D eigenvalue weighted by Gasteiger charge is 2.42. The largest absolute Gasteiger partial charge is 0.378 e. The number of rotatable bonds is 2. The predicted molar refractivity (Wildman–Crippen MR) is 77.8 cm³/mol. The summed E-state index contributed by atoms with van der Waals surface area (Å²) in [6.07, 6.45) is 2.48. The van der Waals surface area contributed by atoms with Gasteiger partial charge in [-0.1, -0.05) is 6.07 Å². The maximum atomic E-state index is 13.7. The van der Waals surface area contributed by atoms with E-state index in [2.05, 4.69) is 15.9 Å². The Labute approximate surface area is 130 Å². The van der Waals surface area contributed by atoms with Crippen LogP contribution in [-0.4, -0.2) is 25.4 Å². The van der Waals surface area contributed by atoms with E-state index in [0.29, 0.717) is 25.4 Å². The minimum atomic E-state index is -0.881. The summed E-state index contributed by atoms with van der Waals surface area (Å²) in [5.41, 5.74) is 6.69. The third-order valence-electron chi connectivity index (χ3n) is 4.53. The van der Waals surface area contributed by atoms with Gasteiger partial charge in [0, 0.05) is 25.7 Å². The van der Waals surface area contributed by atoms with Crippen LogP contribution in [-0.2, 0) is 9.47 Å². The van der Waals surface area contributed by atoms with Crippen LogP contribution < -0.4 is 5.73 Å². The van der Waals surface area contributed by atoms with Crippen LogP contribution in [0.2, 0.25) is 0 Å². The lowest BCUT2D eigenvalue weighted by Gasteiger charge is -2.39. The van der Waals surface area contributed by atoms with E-state index in [-0.39, 0.29) is 22.0 Å². The molecular formula is C15H18BrF2NO2. The summed E-state index contributed by atoms with van der Waals surface area (Å²) >= 11 is 3.12. The lowest BCUT2D eigenvalue weighted by molar-refractivity contribution is -0.101. The third-order valence-corrected chi connectivity index (χ3v) is 5.34. The van der Waals surface area contributed by atoms with E-state index in [9.17, 15) is 8.78 Å². The van der Waals surface area contributed by atoms with Gasteiger partial charge in [0.1, 0.15) is 0 Å². The standard InChI is InChI=1S/C15H18BrF2NO2/c16-12-10(1-2-11(17)13(12)18)14(19)9-3-5-21-15(7-9)4-6-20-8-15/h1-2,9,14H,3-8,19H2. The first-order chi connectivity index (χ1) is 10.0. The van der Waals surface area contributed by atoms with Crippen molar-refractivity contribution < 1.29 is 18.3 Å². The number of nitrogens with two attached hydrogens (primary N) is 1. The van der Waals surface area contributed by atoms with Crippen LogP contribution in [0.15, 0.2) is 16.6 Å². The van der Waals surface area contributed by atoms with Gasteiger partial charge in [-0.3, -0.25) is 0 Å². The number of halogens is 3. The second-order valence-electron chi connectivity index (χ2n) is 5.88. The van der Waals surface area contributed by atoms with Crippen molar-refractivity contribution in [1.29, 1.82) is 0 Å². The molecule has 0 aliphatic carbocycles. The normalized spacial score (nSPS) is 30.8. The molecule has 3 rings (SSSR count). The molecule has 3 unspecified atom stereocenters. The zero-order valence-electron chi connectivity index (χ0n) is 11.6. The molecule has 2 saturated heterocycles. The molecule has 2 aliphatic rings. The molecule has 0 radical (unpaired) electrons. The average Bonchev–Trinajstić information content (AvgIpc) is 2.92. The van der Waals surface area contributed by atoms with E-state index in [4.69, 9.17) is 15.2 Å². The fraction of sp³-hybridized carbons (Fsp3) is 0.600. The van der Waals surface area contributed by atoms with Gasteiger partial charge in [-0.05, 0) is 46.3 Å². The second-order valence-corrected chi connectivity index (χ2v) is 6.67. The van der Waals surface area contributed by atoms with E-state index in [1.165, 1.54) is 0 Å². The van der Waals surface area contributed by atoms with Crippen LogP contribution in [0.25, 0.3) is 0 Å². The minimum Gasteiger partial charge on any atom is -0.378 e. The van der Waals surface area contributed by atoms with E-state index in [1.807, 2.05) is 0 Å². The molecular weight excluding hydrogens is 344 g/mol. The summed E-state index contributed by atoms with van der Waals surface area (Å²) in [6, 6.07) is 2.33. The van der Waals surface area contributed by atoms with Crippen molar-refractivity contribution in [3.63, 3.8) is 0 Å². The monoisotopic (exact) mass is 361 g/mol. The molecule has 1 spiro atoms. The van der Waals surface area contributed by atoms with Crippen LogP contribution in [0, 0.1) is 17.6 Å². The SMILES string of the molecule is NC(c1ccc(F)c(F)c1Br)C1CCOC2(CCOC2)C1. The van der Waals surface area contributed by atoms with Gasteiger partial charge in [0.2, 0.25) is 0 Å². The van der Waals surface area contributed by atoms with Crippen LogP contribution in [0.5, 0.6) is 0 Å². The van der Waals surface area contributed by atoms with Crippen molar-refractivity contribution in [2.24, 2.45) is 11.7 Å². The Morgan fingerprint density at radius 3 is 2.86 bits per heavy atom. The summed E-state index contributed by atoms with van der Waals surface area (Å²) in [4.78, 5) is 0. The highest BCUT2D eigenvalue weighted by Crippen LogP contribution is 2.41. The molecule has 0 amide bonds. The molecule has 2 N–H and O–H groups in total. The Morgan fingerprint density at radius 2 is 2.14 bits per heavy atom. The topological polar surface area (TPSA) is 44.5 Å². The van der Waals surface area contributed by atoms with Crippen molar-refractivity contribution in [3.05, 3.63) is 33.8 Å². The van der Waals surface area contributed by atoms with Crippen LogP contribution in [0.1, 0.15) is 30.9 Å². The molecule has 1 aromatic rings. The van der Waals surface area contributed by atoms with Crippen LogP contribution in [0.4, 0.5) is 8.78 Å². The first-order valence-electron chi connectivity index (χ1n) is 7.13. The molecule has 2 aliphatic heterocycles. The number of hydrogen-bond donors (Lipinski definition) is 1. The van der Waals surface area contributed by atoms with Gasteiger partial charge in [-0.2, -0.15) is 0 Å². The molecule has 1 aromatic carbocycles. The molecule has 2 heterocycles. The Balaban J connectivity index is 1.81. The van der Waals surface area contributed by atoms with Crippen LogP contribution in [0.3, 0.4) is 0 Å². The van der Waals surface area contributed by atoms with E-state index in [1.54, 1.807) is 6.07 Å². The minimum absolute atomic E-state index is 0.123. The van der Waals surface area contributed by atoms with Crippen molar-refractivity contribution in [1.82, 2.24) is 0 Å². The smallest absolute Gasteiger partial charge is 0.173 e. The molecule has 6 heteroatoms. The van der Waals surface area contributed by atoms with Crippen molar-refractivity contribution in [2.75, 3.05) is 19.8 Å². The van der Waals surface area contributed by atoms with Gasteiger partial charge < -0.3 is 15.2 Å². The first-order valence-corrected chi connectivity index (χ1v) is 7.92. The molecule has 3 atom stereocenters. The number of ether oxygens (including phenoxy) is 2. The molecule has 2 fully saturated rings. The second kappa shape index (κ2) is 5.91. The highest BCUT2D eigenvalue weighted by atomic mass is 79.9. The lowest BCUT2D eigenvalue weighted by atomic mass is 9.79. The summed E-state index contributed by atoms with van der Waals surface area (Å²) in [5.74, 6) is -1.58. The predicted octanol–water partition coefficient (Wildman–Crippen LogP) is 3.31. The van der Waals surface area contributed by atoms with Gasteiger partial charge >= 0.3 is 0 Å². The van der Waals surface area contributed by atoms with Crippen LogP contribution >= 0.6 is 15.9 Å². The third kappa shape index (κ3) is 2.86. The molecule has 3 nitrogen and oxygen atoms in total. The fourth-order valence-corrected chi connectivity index (χ4v) is 3.87. The van der Waals surface area contributed by atoms with E-state index >= 15 is 0 Å². The summed E-state index contributed by atoms with van der Waals surface area (Å²) < 4.78 is 38.4. The van der Waals surface area contributed by atoms with Gasteiger partial charge in [-0.15, -0.1) is 0 Å². The quantitative estimate of drug-likeness (QED) is 0.821. The van der Waals surface area contributed by atoms with Crippen molar-refractivity contribution >= 4 is 15.9 Å². The molecule has 116 valence electrons. The maximum absolute atomic E-state index is 13.7. The Morgan fingerprint density at radius 1 is 1.33 bits per heavy atom. The van der Waals surface area contributed by atoms with Gasteiger partial charge in [0.15, 0.2) is 11.6 Å². The van der Waals surface area contributed by atoms with Gasteiger partial charge in [0.25, 0.3) is 0 Å². The summed E-state index contributed by atoms with van der Waals surface area (Å²) in [6.45, 7) is 1.93. The Hall–Kier alpha value is -0.560. The van der Waals surface area contributed by atoms with E-state index < -0.39 is 11.6 Å². The van der Waals surface area contributed by atoms with E-state index in [0.717, 1.165) is 25.3 Å². The zero-order valence-corrected chi connectivity index (χ0v) is 13.2. The molecule has 21 heavy (non-hydrogen) atoms.